The second-order valence-electron chi connectivity index (χ2n) is 17.9. The first-order valence-corrected chi connectivity index (χ1v) is 18.5. The van der Waals surface area contributed by atoms with Crippen molar-refractivity contribution in [3.05, 3.63) is 18.1 Å². The number of hydrogen-bond acceptors (Lipinski definition) is 6. The van der Waals surface area contributed by atoms with Crippen LogP contribution in [0, 0.1) is 68.9 Å². The number of morpholine rings is 1. The van der Waals surface area contributed by atoms with Crippen LogP contribution in [0.5, 0.6) is 0 Å². The van der Waals surface area contributed by atoms with E-state index in [1.165, 1.54) is 25.7 Å². The summed E-state index contributed by atoms with van der Waals surface area (Å²) in [6.45, 7) is 13.7. The summed E-state index contributed by atoms with van der Waals surface area (Å²) in [5.41, 5.74) is 0.000304. The number of aliphatic hydroxyl groups excluding tert-OH is 1. The van der Waals surface area contributed by atoms with E-state index >= 15 is 0 Å². The lowest BCUT2D eigenvalue weighted by atomic mass is 9.41. The number of rotatable bonds is 7. The fraction of sp³-hybridized carbons (Fsp3) is 0.868. The standard InChI is InChI=1S/C38H56NO7/c1-22-18-24(8-11-29(41)42)45-32-31(22)35(4)14-15-38-21-37(38)13-12-27(34(2,3)25(37)9-10-26(38)36(35,5)33(32)43)46-30-20-39(16-17-44-30)28(40)19-23-6-7-23/h22-23,25,27,30-31,33,43H,6-21H2,1-5H3,(H,41,42)/t22-,25+,27+,30+,31+,33+,35-,36-,37-,38+/m1/s1. The van der Waals surface area contributed by atoms with Gasteiger partial charge in [0.2, 0.25) is 5.91 Å². The Hall–Kier alpha value is -1.22. The molecule has 8 aliphatic rings. The van der Waals surface area contributed by atoms with Gasteiger partial charge in [-0.2, -0.15) is 0 Å². The third kappa shape index (κ3) is 4.37. The summed E-state index contributed by atoms with van der Waals surface area (Å²) in [5, 5.41) is 21.6. The lowest BCUT2D eigenvalue weighted by molar-refractivity contribution is -0.242. The molecule has 0 unspecified atom stereocenters. The maximum absolute atomic E-state index is 12.9. The van der Waals surface area contributed by atoms with Crippen LogP contribution in [0.3, 0.4) is 0 Å². The highest BCUT2D eigenvalue weighted by atomic mass is 16.7. The van der Waals surface area contributed by atoms with Crippen LogP contribution in [-0.2, 0) is 23.8 Å². The summed E-state index contributed by atoms with van der Waals surface area (Å²) in [7, 11) is 0. The normalized spacial score (nSPS) is 48.5. The maximum Gasteiger partial charge on any atom is 0.303 e. The molecular weight excluding hydrogens is 582 g/mol. The van der Waals surface area contributed by atoms with Crippen LogP contribution in [0.4, 0.5) is 0 Å². The van der Waals surface area contributed by atoms with Crippen molar-refractivity contribution >= 4 is 11.9 Å². The first kappa shape index (κ1) is 32.0. The molecule has 0 aromatic rings. The molecule has 46 heavy (non-hydrogen) atoms. The zero-order chi connectivity index (χ0) is 32.4. The highest BCUT2D eigenvalue weighted by molar-refractivity contribution is 5.76. The number of aliphatic hydroxyl groups is 1. The first-order chi connectivity index (χ1) is 21.8. The van der Waals surface area contributed by atoms with E-state index in [9.17, 15) is 19.8 Å². The van der Waals surface area contributed by atoms with Crippen LogP contribution < -0.4 is 0 Å². The largest absolute Gasteiger partial charge is 0.481 e. The molecule has 2 N–H and O–H groups in total. The van der Waals surface area contributed by atoms with Crippen molar-refractivity contribution in [2.24, 2.45) is 50.7 Å². The molecule has 2 spiro atoms. The summed E-state index contributed by atoms with van der Waals surface area (Å²) in [6.07, 6.45) is 12.9. The quantitative estimate of drug-likeness (QED) is 0.336. The molecule has 2 aliphatic heterocycles. The van der Waals surface area contributed by atoms with Gasteiger partial charge in [0.1, 0.15) is 6.10 Å². The average molecular weight is 639 g/mol. The predicted octanol–water partition coefficient (Wildman–Crippen LogP) is 6.32. The van der Waals surface area contributed by atoms with Crippen LogP contribution in [-0.4, -0.2) is 65.2 Å². The fourth-order valence-electron chi connectivity index (χ4n) is 12.9. The van der Waals surface area contributed by atoms with E-state index in [2.05, 4.69) is 34.6 Å². The van der Waals surface area contributed by atoms with Gasteiger partial charge in [-0.15, -0.1) is 0 Å². The molecule has 0 bridgehead atoms. The van der Waals surface area contributed by atoms with Gasteiger partial charge >= 0.3 is 5.97 Å². The van der Waals surface area contributed by atoms with E-state index in [-0.39, 0.29) is 57.7 Å². The Balaban J connectivity index is 0.995. The molecular formula is C38H56NO7. The van der Waals surface area contributed by atoms with E-state index in [4.69, 9.17) is 14.2 Å². The monoisotopic (exact) mass is 638 g/mol. The van der Waals surface area contributed by atoms with E-state index in [1.807, 2.05) is 4.90 Å². The van der Waals surface area contributed by atoms with Gasteiger partial charge in [-0.05, 0) is 116 Å². The fourth-order valence-corrected chi connectivity index (χ4v) is 12.9. The van der Waals surface area contributed by atoms with Crippen LogP contribution >= 0.6 is 0 Å². The number of aliphatic carboxylic acids is 1. The third-order valence-corrected chi connectivity index (χ3v) is 15.5. The summed E-state index contributed by atoms with van der Waals surface area (Å²) in [5.74, 6) is 2.70. The summed E-state index contributed by atoms with van der Waals surface area (Å²) < 4.78 is 19.4. The van der Waals surface area contributed by atoms with E-state index in [1.54, 1.807) is 5.92 Å². The van der Waals surface area contributed by atoms with Gasteiger partial charge in [0, 0.05) is 30.7 Å². The highest BCUT2D eigenvalue weighted by Crippen LogP contribution is 2.90. The number of fused-ring (bicyclic) bond motifs is 4. The number of ether oxygens (including phenoxy) is 3. The number of carbonyl (C=O) groups is 2. The number of carboxylic acid groups (broad SMARTS) is 1. The van der Waals surface area contributed by atoms with Crippen LogP contribution in [0.25, 0.3) is 0 Å². The van der Waals surface area contributed by atoms with Crippen molar-refractivity contribution in [1.82, 2.24) is 4.90 Å². The first-order valence-electron chi connectivity index (χ1n) is 18.5. The molecule has 8 rings (SSSR count). The van der Waals surface area contributed by atoms with Crippen molar-refractivity contribution in [2.75, 3.05) is 19.7 Å². The Morgan fingerprint density at radius 3 is 2.59 bits per heavy atom. The molecule has 8 nitrogen and oxygen atoms in total. The number of carboxylic acids is 1. The number of carbonyl (C=O) groups excluding carboxylic acids is 1. The minimum Gasteiger partial charge on any atom is -0.481 e. The molecule has 2 heterocycles. The minimum atomic E-state index is -0.806. The van der Waals surface area contributed by atoms with Gasteiger partial charge in [-0.25, -0.2) is 0 Å². The van der Waals surface area contributed by atoms with Crippen molar-refractivity contribution in [2.45, 2.75) is 137 Å². The molecule has 6 saturated carbocycles. The van der Waals surface area contributed by atoms with Crippen LogP contribution in [0.2, 0.25) is 0 Å². The summed E-state index contributed by atoms with van der Waals surface area (Å²) in [4.78, 5) is 26.2. The SMILES string of the molecule is C[C@@H]1C[C](CCC(=O)O)O[C]2[C@H]1[C@@]1(C)CC[C@@]34C[C@@]35CC[C@H](O[C@H]3CN(C(=O)CC6CC6)CCO3)C(C)(C)[C@@H]5CC[C]4[C@]1(C)[C@H]2O. The number of hydrogen-bond donors (Lipinski definition) is 2. The van der Waals surface area contributed by atoms with Crippen molar-refractivity contribution in [1.29, 1.82) is 0 Å². The van der Waals surface area contributed by atoms with E-state index in [0.717, 1.165) is 50.7 Å². The molecule has 0 aromatic carbocycles. The predicted molar refractivity (Wildman–Crippen MR) is 170 cm³/mol. The molecule has 255 valence electrons. The Bertz CT molecular complexity index is 1250. The van der Waals surface area contributed by atoms with Crippen molar-refractivity contribution in [3.8, 4) is 0 Å². The second kappa shape index (κ2) is 10.6. The zero-order valence-electron chi connectivity index (χ0n) is 28.7. The van der Waals surface area contributed by atoms with Crippen molar-refractivity contribution in [3.63, 3.8) is 0 Å². The van der Waals surface area contributed by atoms with Crippen LogP contribution in [0.15, 0.2) is 0 Å². The van der Waals surface area contributed by atoms with Gasteiger partial charge in [-0.3, -0.25) is 9.59 Å². The molecule has 10 atom stereocenters. The summed E-state index contributed by atoms with van der Waals surface area (Å²) in [6, 6.07) is 0. The van der Waals surface area contributed by atoms with Gasteiger partial charge < -0.3 is 29.3 Å². The Morgan fingerprint density at radius 1 is 1.07 bits per heavy atom. The summed E-state index contributed by atoms with van der Waals surface area (Å²) >= 11 is 0. The lowest BCUT2D eigenvalue weighted by Gasteiger charge is -2.63. The second-order valence-corrected chi connectivity index (χ2v) is 17.9. The maximum atomic E-state index is 12.9. The molecule has 6 aliphatic carbocycles. The van der Waals surface area contributed by atoms with Gasteiger partial charge in [0.15, 0.2) is 6.29 Å². The van der Waals surface area contributed by atoms with Gasteiger partial charge in [0.25, 0.3) is 0 Å². The Kier molecular flexibility index (Phi) is 7.40. The molecule has 8 fully saturated rings. The molecule has 1 amide bonds. The Labute approximate surface area is 275 Å². The molecule has 3 radical (unpaired) electrons. The molecule has 0 aromatic heterocycles. The Morgan fingerprint density at radius 2 is 1.85 bits per heavy atom. The van der Waals surface area contributed by atoms with Gasteiger partial charge in [-0.1, -0.05) is 34.6 Å². The highest BCUT2D eigenvalue weighted by Gasteiger charge is 2.85. The zero-order valence-corrected chi connectivity index (χ0v) is 28.7. The van der Waals surface area contributed by atoms with Gasteiger partial charge in [0.05, 0.1) is 31.5 Å². The van der Waals surface area contributed by atoms with E-state index < -0.39 is 12.1 Å². The lowest BCUT2D eigenvalue weighted by Crippen LogP contribution is -2.59. The average Bonchev–Trinajstić information content (AvgIpc) is 3.93. The third-order valence-electron chi connectivity index (χ3n) is 15.5. The molecule has 8 heteroatoms. The topological polar surface area (TPSA) is 106 Å². The van der Waals surface area contributed by atoms with E-state index in [0.29, 0.717) is 50.3 Å². The van der Waals surface area contributed by atoms with Crippen LogP contribution in [0.1, 0.15) is 118 Å². The van der Waals surface area contributed by atoms with Crippen molar-refractivity contribution < 1.29 is 34.0 Å². The number of nitrogens with zero attached hydrogens (tertiary/aromatic N) is 1. The molecule has 2 saturated heterocycles. The number of amides is 1. The smallest absolute Gasteiger partial charge is 0.303 e. The minimum absolute atomic E-state index is 0.0126.